The zero-order chi connectivity index (χ0) is 22.7. The van der Waals surface area contributed by atoms with Gasteiger partial charge in [0, 0.05) is 10.9 Å². The summed E-state index contributed by atoms with van der Waals surface area (Å²) >= 11 is 0. The quantitative estimate of drug-likeness (QED) is 0.491. The Hall–Kier alpha value is -4.26. The van der Waals surface area contributed by atoms with Crippen LogP contribution in [0, 0.1) is 13.8 Å². The molecule has 0 saturated heterocycles. The Labute approximate surface area is 184 Å². The van der Waals surface area contributed by atoms with E-state index in [1.54, 1.807) is 30.3 Å². The Balaban J connectivity index is 1.64. The molecule has 0 saturated carbocycles. The topological polar surface area (TPSA) is 93.1 Å². The summed E-state index contributed by atoms with van der Waals surface area (Å²) in [6.45, 7) is 4.00. The molecule has 4 aromatic rings. The summed E-state index contributed by atoms with van der Waals surface area (Å²) in [7, 11) is 0. The zero-order valence-electron chi connectivity index (χ0n) is 17.8. The highest BCUT2D eigenvalue weighted by Crippen LogP contribution is 2.14. The van der Waals surface area contributed by atoms with Gasteiger partial charge in [0.25, 0.3) is 17.4 Å². The lowest BCUT2D eigenvalue weighted by Gasteiger charge is -2.13. The van der Waals surface area contributed by atoms with E-state index in [0.29, 0.717) is 16.3 Å². The molecule has 0 atom stereocenters. The van der Waals surface area contributed by atoms with Crippen molar-refractivity contribution in [2.45, 2.75) is 20.4 Å². The van der Waals surface area contributed by atoms with E-state index in [9.17, 15) is 14.4 Å². The van der Waals surface area contributed by atoms with Crippen molar-refractivity contribution in [3.63, 3.8) is 0 Å². The van der Waals surface area contributed by atoms with E-state index >= 15 is 0 Å². The molecule has 0 radical (unpaired) electrons. The Morgan fingerprint density at radius 1 is 0.844 bits per heavy atom. The first-order chi connectivity index (χ1) is 15.4. The summed E-state index contributed by atoms with van der Waals surface area (Å²) in [6.07, 6.45) is 0. The lowest BCUT2D eigenvalue weighted by molar-refractivity contribution is 0.0843. The van der Waals surface area contributed by atoms with Gasteiger partial charge in [0.05, 0.1) is 11.9 Å². The number of hydrazine groups is 1. The maximum Gasteiger partial charge on any atom is 0.290 e. The summed E-state index contributed by atoms with van der Waals surface area (Å²) in [5, 5.41) is 5.11. The van der Waals surface area contributed by atoms with Gasteiger partial charge in [-0.3, -0.25) is 25.2 Å². The van der Waals surface area contributed by atoms with Crippen molar-refractivity contribution in [1.29, 1.82) is 0 Å². The second-order valence-corrected chi connectivity index (χ2v) is 7.57. The third-order valence-electron chi connectivity index (χ3n) is 5.17. The molecule has 3 aromatic carbocycles. The van der Waals surface area contributed by atoms with Gasteiger partial charge in [-0.1, -0.05) is 66.2 Å². The van der Waals surface area contributed by atoms with Crippen LogP contribution in [0.5, 0.6) is 0 Å². The number of nitrogens with one attached hydrogen (secondary N) is 2. The average molecular weight is 426 g/mol. The molecular formula is C25H22N4O3. The maximum absolute atomic E-state index is 12.9. The van der Waals surface area contributed by atoms with Crippen molar-refractivity contribution < 1.29 is 9.59 Å². The first-order valence-corrected chi connectivity index (χ1v) is 10.2. The summed E-state index contributed by atoms with van der Waals surface area (Å²) in [4.78, 5) is 38.4. The molecule has 0 unspecified atom stereocenters. The molecule has 0 aliphatic rings. The molecule has 0 bridgehead atoms. The Kier molecular flexibility index (Phi) is 5.81. The number of hydrogen-bond donors (Lipinski definition) is 2. The summed E-state index contributed by atoms with van der Waals surface area (Å²) in [5.74, 6) is -1.04. The van der Waals surface area contributed by atoms with E-state index in [4.69, 9.17) is 0 Å². The first kappa shape index (κ1) is 21.0. The minimum Gasteiger partial charge on any atom is -0.267 e. The lowest BCUT2D eigenvalue weighted by atomic mass is 10.1. The molecule has 160 valence electrons. The third-order valence-corrected chi connectivity index (χ3v) is 5.17. The van der Waals surface area contributed by atoms with E-state index in [-0.39, 0.29) is 17.8 Å². The van der Waals surface area contributed by atoms with Gasteiger partial charge in [-0.25, -0.2) is 4.68 Å². The lowest BCUT2D eigenvalue weighted by Crippen LogP contribution is -2.43. The van der Waals surface area contributed by atoms with Crippen LogP contribution < -0.4 is 16.4 Å². The molecule has 0 aliphatic heterocycles. The molecule has 32 heavy (non-hydrogen) atoms. The molecule has 2 amide bonds. The first-order valence-electron chi connectivity index (χ1n) is 10.2. The number of aryl methyl sites for hydroxylation is 2. The minimum absolute atomic E-state index is 0.0528. The Morgan fingerprint density at radius 2 is 1.50 bits per heavy atom. The van der Waals surface area contributed by atoms with Gasteiger partial charge in [0.15, 0.2) is 5.69 Å². The van der Waals surface area contributed by atoms with E-state index < -0.39 is 11.8 Å². The number of hydrogen-bond acceptors (Lipinski definition) is 4. The van der Waals surface area contributed by atoms with E-state index in [1.807, 2.05) is 56.3 Å². The van der Waals surface area contributed by atoms with Gasteiger partial charge in [-0.15, -0.1) is 0 Å². The number of aromatic nitrogens is 2. The van der Waals surface area contributed by atoms with Crippen molar-refractivity contribution in [3.8, 4) is 0 Å². The van der Waals surface area contributed by atoms with Crippen molar-refractivity contribution in [2.24, 2.45) is 0 Å². The zero-order valence-corrected chi connectivity index (χ0v) is 17.8. The summed E-state index contributed by atoms with van der Waals surface area (Å²) < 4.78 is 1.26. The van der Waals surface area contributed by atoms with Crippen LogP contribution in [0.3, 0.4) is 0 Å². The molecule has 4 rings (SSSR count). The van der Waals surface area contributed by atoms with Gasteiger partial charge in [-0.05, 0) is 37.1 Å². The fourth-order valence-corrected chi connectivity index (χ4v) is 3.57. The van der Waals surface area contributed by atoms with Crippen molar-refractivity contribution >= 4 is 22.6 Å². The van der Waals surface area contributed by atoms with Crippen molar-refractivity contribution in [1.82, 2.24) is 20.6 Å². The van der Waals surface area contributed by atoms with Crippen molar-refractivity contribution in [2.75, 3.05) is 0 Å². The largest absolute Gasteiger partial charge is 0.290 e. The number of rotatable bonds is 4. The van der Waals surface area contributed by atoms with Gasteiger partial charge < -0.3 is 0 Å². The number of benzene rings is 3. The highest BCUT2D eigenvalue weighted by Gasteiger charge is 2.18. The van der Waals surface area contributed by atoms with Crippen LogP contribution in [0.1, 0.15) is 37.5 Å². The van der Waals surface area contributed by atoms with E-state index in [1.165, 1.54) is 4.68 Å². The standard InChI is InChI=1S/C25H22N4O3/c1-16-12-13-19(17(2)14-16)23(30)26-27-24(31)22-20-10-6-7-11-21(20)25(32)29(28-22)15-18-8-4-3-5-9-18/h3-14H,15H2,1-2H3,(H,26,30)(H,27,31). The molecule has 0 aliphatic carbocycles. The van der Waals surface area contributed by atoms with Crippen LogP contribution in [-0.4, -0.2) is 21.6 Å². The minimum atomic E-state index is -0.610. The predicted octanol–water partition coefficient (Wildman–Crippen LogP) is 3.14. The number of fused-ring (bicyclic) bond motifs is 1. The molecule has 7 nitrogen and oxygen atoms in total. The average Bonchev–Trinajstić information content (AvgIpc) is 2.80. The second-order valence-electron chi connectivity index (χ2n) is 7.57. The van der Waals surface area contributed by atoms with Crippen LogP contribution in [0.4, 0.5) is 0 Å². The van der Waals surface area contributed by atoms with Gasteiger partial charge in [0.1, 0.15) is 0 Å². The molecule has 1 heterocycles. The van der Waals surface area contributed by atoms with Crippen LogP contribution in [0.15, 0.2) is 77.6 Å². The van der Waals surface area contributed by atoms with E-state index in [2.05, 4.69) is 16.0 Å². The van der Waals surface area contributed by atoms with Crippen molar-refractivity contribution in [3.05, 3.63) is 111 Å². The number of carbonyl (C=O) groups is 2. The number of carbonyl (C=O) groups excluding carboxylic acids is 2. The summed E-state index contributed by atoms with van der Waals surface area (Å²) in [5.41, 5.74) is 7.81. The second kappa shape index (κ2) is 8.85. The predicted molar refractivity (Wildman–Crippen MR) is 122 cm³/mol. The molecule has 2 N–H and O–H groups in total. The highest BCUT2D eigenvalue weighted by atomic mass is 16.2. The Morgan fingerprint density at radius 3 is 2.22 bits per heavy atom. The van der Waals surface area contributed by atoms with Gasteiger partial charge >= 0.3 is 0 Å². The fourth-order valence-electron chi connectivity index (χ4n) is 3.57. The van der Waals surface area contributed by atoms with Gasteiger partial charge in [-0.2, -0.15) is 5.10 Å². The molecule has 7 heteroatoms. The van der Waals surface area contributed by atoms with Crippen LogP contribution in [0.25, 0.3) is 10.8 Å². The SMILES string of the molecule is Cc1ccc(C(=O)NNC(=O)c2nn(Cc3ccccc3)c(=O)c3ccccc23)c(C)c1. The third kappa shape index (κ3) is 4.27. The molecule has 0 spiro atoms. The smallest absolute Gasteiger partial charge is 0.267 e. The molecule has 0 fully saturated rings. The Bertz CT molecular complexity index is 1380. The van der Waals surface area contributed by atoms with E-state index in [0.717, 1.165) is 16.7 Å². The van der Waals surface area contributed by atoms with Crippen LogP contribution >= 0.6 is 0 Å². The molecular weight excluding hydrogens is 404 g/mol. The normalized spacial score (nSPS) is 10.7. The van der Waals surface area contributed by atoms with Crippen LogP contribution in [-0.2, 0) is 6.54 Å². The monoisotopic (exact) mass is 426 g/mol. The van der Waals surface area contributed by atoms with Gasteiger partial charge in [0.2, 0.25) is 0 Å². The number of amides is 2. The molecule has 1 aromatic heterocycles. The summed E-state index contributed by atoms with van der Waals surface area (Å²) in [6, 6.07) is 21.6. The maximum atomic E-state index is 12.9. The number of nitrogens with zero attached hydrogens (tertiary/aromatic N) is 2. The fraction of sp³-hybridized carbons (Fsp3) is 0.120. The highest BCUT2D eigenvalue weighted by molar-refractivity contribution is 6.06. The van der Waals surface area contributed by atoms with Crippen LogP contribution in [0.2, 0.25) is 0 Å².